The van der Waals surface area contributed by atoms with Gasteiger partial charge in [0.2, 0.25) is 0 Å². The molecule has 1 saturated carbocycles. The molecule has 0 aromatic heterocycles. The zero-order chi connectivity index (χ0) is 19.5. The number of rotatable bonds is 5. The van der Waals surface area contributed by atoms with Crippen LogP contribution in [0.2, 0.25) is 0 Å². The van der Waals surface area contributed by atoms with Crippen molar-refractivity contribution in [3.05, 3.63) is 34.9 Å². The lowest BCUT2D eigenvalue weighted by molar-refractivity contribution is -0.121. The second-order valence-corrected chi connectivity index (χ2v) is 8.05. The standard InChI is InChI=1S/C21H29NO4/c1-13-7-6-8-15(14(13)2)19(24)17-9-10-18(23)16(17)11-12-22-20(25)26-21(3,4)5/h6-8,16-17H,9-12H2,1-5H3,(H,22,25)/t16?,17-/m1/s1. The Hall–Kier alpha value is -2.17. The van der Waals surface area contributed by atoms with Gasteiger partial charge >= 0.3 is 6.09 Å². The number of ether oxygens (including phenoxy) is 1. The van der Waals surface area contributed by atoms with Crippen molar-refractivity contribution < 1.29 is 19.1 Å². The minimum absolute atomic E-state index is 0.0410. The van der Waals surface area contributed by atoms with Gasteiger partial charge in [0.25, 0.3) is 0 Å². The van der Waals surface area contributed by atoms with E-state index in [0.29, 0.717) is 31.4 Å². The van der Waals surface area contributed by atoms with Crippen LogP contribution in [0.15, 0.2) is 18.2 Å². The Morgan fingerprint density at radius 1 is 1.23 bits per heavy atom. The van der Waals surface area contributed by atoms with Crippen LogP contribution in [-0.4, -0.2) is 29.8 Å². The van der Waals surface area contributed by atoms with Crippen molar-refractivity contribution in [3.8, 4) is 0 Å². The van der Waals surface area contributed by atoms with Gasteiger partial charge < -0.3 is 10.1 Å². The summed E-state index contributed by atoms with van der Waals surface area (Å²) in [4.78, 5) is 37.0. The molecule has 0 radical (unpaired) electrons. The van der Waals surface area contributed by atoms with E-state index >= 15 is 0 Å². The van der Waals surface area contributed by atoms with Gasteiger partial charge in [0.15, 0.2) is 5.78 Å². The van der Waals surface area contributed by atoms with Gasteiger partial charge in [-0.2, -0.15) is 0 Å². The van der Waals surface area contributed by atoms with E-state index in [1.54, 1.807) is 20.8 Å². The summed E-state index contributed by atoms with van der Waals surface area (Å²) in [5, 5.41) is 2.68. The molecule has 0 aliphatic heterocycles. The smallest absolute Gasteiger partial charge is 0.407 e. The Morgan fingerprint density at radius 3 is 2.58 bits per heavy atom. The van der Waals surface area contributed by atoms with Crippen LogP contribution in [0, 0.1) is 25.7 Å². The number of alkyl carbamates (subject to hydrolysis) is 1. The van der Waals surface area contributed by atoms with Crippen LogP contribution in [-0.2, 0) is 9.53 Å². The fourth-order valence-corrected chi connectivity index (χ4v) is 3.45. The van der Waals surface area contributed by atoms with E-state index in [1.165, 1.54) is 0 Å². The highest BCUT2D eigenvalue weighted by Gasteiger charge is 2.39. The van der Waals surface area contributed by atoms with E-state index in [4.69, 9.17) is 4.74 Å². The first kappa shape index (κ1) is 20.1. The monoisotopic (exact) mass is 359 g/mol. The Kier molecular flexibility index (Phi) is 6.21. The normalized spacial score (nSPS) is 20.1. The summed E-state index contributed by atoms with van der Waals surface area (Å²) < 4.78 is 5.20. The van der Waals surface area contributed by atoms with Crippen LogP contribution in [0.5, 0.6) is 0 Å². The molecule has 1 aliphatic carbocycles. The molecule has 2 atom stereocenters. The van der Waals surface area contributed by atoms with Gasteiger partial charge in [-0.1, -0.05) is 18.2 Å². The number of amides is 1. The third kappa shape index (κ3) is 4.93. The molecule has 1 aromatic rings. The zero-order valence-corrected chi connectivity index (χ0v) is 16.3. The summed E-state index contributed by atoms with van der Waals surface area (Å²) >= 11 is 0. The highest BCUT2D eigenvalue weighted by atomic mass is 16.6. The zero-order valence-electron chi connectivity index (χ0n) is 16.3. The number of Topliss-reactive ketones (excluding diaryl/α,β-unsaturated/α-hetero) is 2. The van der Waals surface area contributed by atoms with Crippen LogP contribution in [0.25, 0.3) is 0 Å². The van der Waals surface area contributed by atoms with Crippen LogP contribution in [0.3, 0.4) is 0 Å². The molecule has 5 heteroatoms. The van der Waals surface area contributed by atoms with Crippen molar-refractivity contribution in [2.24, 2.45) is 11.8 Å². The highest BCUT2D eigenvalue weighted by Crippen LogP contribution is 2.34. The van der Waals surface area contributed by atoms with Gasteiger partial charge in [0.05, 0.1) is 0 Å². The van der Waals surface area contributed by atoms with Crippen molar-refractivity contribution in [2.75, 3.05) is 6.54 Å². The van der Waals surface area contributed by atoms with Gasteiger partial charge in [0, 0.05) is 30.4 Å². The van der Waals surface area contributed by atoms with Gasteiger partial charge in [-0.15, -0.1) is 0 Å². The average Bonchev–Trinajstić information content (AvgIpc) is 2.89. The predicted octanol–water partition coefficient (Wildman–Crippen LogP) is 4.00. The maximum atomic E-state index is 13.0. The maximum absolute atomic E-state index is 13.0. The number of aryl methyl sites for hydroxylation is 1. The number of hydrogen-bond acceptors (Lipinski definition) is 4. The summed E-state index contributed by atoms with van der Waals surface area (Å²) in [6, 6.07) is 5.70. The van der Waals surface area contributed by atoms with E-state index in [1.807, 2.05) is 32.0 Å². The molecule has 0 bridgehead atoms. The minimum atomic E-state index is -0.561. The molecule has 5 nitrogen and oxygen atoms in total. The molecule has 2 rings (SSSR count). The lowest BCUT2D eigenvalue weighted by Crippen LogP contribution is -2.35. The Bertz CT molecular complexity index is 702. The van der Waals surface area contributed by atoms with Crippen molar-refractivity contribution in [1.82, 2.24) is 5.32 Å². The molecule has 26 heavy (non-hydrogen) atoms. The molecule has 0 heterocycles. The molecule has 1 aliphatic rings. The minimum Gasteiger partial charge on any atom is -0.444 e. The molecule has 0 saturated heterocycles. The predicted molar refractivity (Wildman–Crippen MR) is 100 cm³/mol. The molecule has 142 valence electrons. The molecule has 1 fully saturated rings. The van der Waals surface area contributed by atoms with Gasteiger partial charge in [-0.3, -0.25) is 9.59 Å². The van der Waals surface area contributed by atoms with E-state index in [2.05, 4.69) is 5.32 Å². The Balaban J connectivity index is 2.01. The van der Waals surface area contributed by atoms with Gasteiger partial charge in [-0.05, 0) is 58.6 Å². The second-order valence-electron chi connectivity index (χ2n) is 8.05. The molecule has 1 amide bonds. The molecule has 1 unspecified atom stereocenters. The van der Waals surface area contributed by atoms with Crippen molar-refractivity contribution >= 4 is 17.7 Å². The lowest BCUT2D eigenvalue weighted by atomic mass is 9.84. The quantitative estimate of drug-likeness (QED) is 0.807. The summed E-state index contributed by atoms with van der Waals surface area (Å²) in [6.07, 6.45) is 0.972. The van der Waals surface area contributed by atoms with E-state index < -0.39 is 11.7 Å². The summed E-state index contributed by atoms with van der Waals surface area (Å²) in [5.74, 6) is -0.486. The molecule has 0 spiro atoms. The number of carbonyl (C=O) groups excluding carboxylic acids is 3. The number of benzene rings is 1. The third-order valence-electron chi connectivity index (χ3n) is 4.93. The Labute approximate surface area is 155 Å². The summed E-state index contributed by atoms with van der Waals surface area (Å²) in [6.45, 7) is 9.64. The van der Waals surface area contributed by atoms with Crippen molar-refractivity contribution in [3.63, 3.8) is 0 Å². The lowest BCUT2D eigenvalue weighted by Gasteiger charge is -2.21. The van der Waals surface area contributed by atoms with Crippen LogP contribution < -0.4 is 5.32 Å². The van der Waals surface area contributed by atoms with E-state index in [-0.39, 0.29) is 23.4 Å². The maximum Gasteiger partial charge on any atom is 0.407 e. The fourth-order valence-electron chi connectivity index (χ4n) is 3.45. The van der Waals surface area contributed by atoms with Crippen LogP contribution in [0.1, 0.15) is 61.5 Å². The van der Waals surface area contributed by atoms with Crippen molar-refractivity contribution in [2.45, 2.75) is 59.5 Å². The molecule has 1 N–H and O–H groups in total. The number of hydrogen-bond donors (Lipinski definition) is 1. The van der Waals surface area contributed by atoms with Crippen LogP contribution >= 0.6 is 0 Å². The van der Waals surface area contributed by atoms with Crippen molar-refractivity contribution in [1.29, 1.82) is 0 Å². The fraction of sp³-hybridized carbons (Fsp3) is 0.571. The first-order valence-electron chi connectivity index (χ1n) is 9.20. The topological polar surface area (TPSA) is 72.5 Å². The second kappa shape index (κ2) is 8.02. The SMILES string of the molecule is Cc1cccc(C(=O)[C@@H]2CCC(=O)C2CCNC(=O)OC(C)(C)C)c1C. The molecule has 1 aromatic carbocycles. The van der Waals surface area contributed by atoms with E-state index in [9.17, 15) is 14.4 Å². The average molecular weight is 359 g/mol. The summed E-state index contributed by atoms with van der Waals surface area (Å²) in [5.41, 5.74) is 2.19. The largest absolute Gasteiger partial charge is 0.444 e. The Morgan fingerprint density at radius 2 is 1.92 bits per heavy atom. The van der Waals surface area contributed by atoms with Crippen LogP contribution in [0.4, 0.5) is 4.79 Å². The number of carbonyl (C=O) groups is 3. The first-order chi connectivity index (χ1) is 12.1. The van der Waals surface area contributed by atoms with Gasteiger partial charge in [0.1, 0.15) is 11.4 Å². The molecular weight excluding hydrogens is 330 g/mol. The number of nitrogens with one attached hydrogen (secondary N) is 1. The first-order valence-corrected chi connectivity index (χ1v) is 9.20. The van der Waals surface area contributed by atoms with Gasteiger partial charge in [-0.25, -0.2) is 4.79 Å². The van der Waals surface area contributed by atoms with E-state index in [0.717, 1.165) is 11.1 Å². The third-order valence-corrected chi connectivity index (χ3v) is 4.93. The number of ketones is 2. The molecular formula is C21H29NO4. The summed E-state index contributed by atoms with van der Waals surface area (Å²) in [7, 11) is 0. The highest BCUT2D eigenvalue weighted by molar-refractivity contribution is 6.03.